The number of unbranched alkanes of at least 4 members (excludes halogenated alkanes) is 1. The number of aliphatic hydroxyl groups excluding tert-OH is 1. The van der Waals surface area contributed by atoms with Crippen LogP contribution in [0.15, 0.2) is 18.2 Å². The molecule has 0 aromatic heterocycles. The van der Waals surface area contributed by atoms with E-state index in [-0.39, 0.29) is 12.6 Å². The van der Waals surface area contributed by atoms with Crippen molar-refractivity contribution in [1.82, 2.24) is 0 Å². The van der Waals surface area contributed by atoms with Crippen molar-refractivity contribution in [2.75, 3.05) is 11.9 Å². The molecule has 0 saturated heterocycles. The molecule has 0 bridgehead atoms. The summed E-state index contributed by atoms with van der Waals surface area (Å²) in [6.07, 6.45) is 1.84. The molecule has 19 heavy (non-hydrogen) atoms. The van der Waals surface area contributed by atoms with Gasteiger partial charge in [0.05, 0.1) is 19.3 Å². The Morgan fingerprint density at radius 2 is 2.32 bits per heavy atom. The predicted octanol–water partition coefficient (Wildman–Crippen LogP) is 1.32. The van der Waals surface area contributed by atoms with Crippen molar-refractivity contribution in [3.05, 3.63) is 29.3 Å². The number of rotatable bonds is 5. The molecule has 2 atom stereocenters. The Labute approximate surface area is 112 Å². The van der Waals surface area contributed by atoms with Crippen LogP contribution >= 0.6 is 0 Å². The maximum Gasteiger partial charge on any atom is 0.330 e. The van der Waals surface area contributed by atoms with Crippen molar-refractivity contribution in [3.8, 4) is 0 Å². The molecular formula is C14H20N2O3. The predicted molar refractivity (Wildman–Crippen MR) is 72.6 cm³/mol. The number of carbonyl (C=O) groups is 1. The normalized spacial score (nSPS) is 20.8. The van der Waals surface area contributed by atoms with E-state index >= 15 is 0 Å². The summed E-state index contributed by atoms with van der Waals surface area (Å²) in [7, 11) is 0. The molecule has 1 heterocycles. The third kappa shape index (κ3) is 2.88. The van der Waals surface area contributed by atoms with Crippen molar-refractivity contribution < 1.29 is 14.6 Å². The van der Waals surface area contributed by atoms with Crippen molar-refractivity contribution in [2.24, 2.45) is 5.73 Å². The van der Waals surface area contributed by atoms with E-state index in [1.54, 1.807) is 0 Å². The Bertz CT molecular complexity index is 462. The summed E-state index contributed by atoms with van der Waals surface area (Å²) in [6.45, 7) is 2.43. The zero-order chi connectivity index (χ0) is 13.8. The highest BCUT2D eigenvalue weighted by Crippen LogP contribution is 2.33. The van der Waals surface area contributed by atoms with Gasteiger partial charge in [-0.15, -0.1) is 0 Å². The molecule has 4 N–H and O–H groups in total. The molecule has 0 fully saturated rings. The van der Waals surface area contributed by atoms with Crippen LogP contribution in [0.2, 0.25) is 0 Å². The smallest absolute Gasteiger partial charge is 0.330 e. The summed E-state index contributed by atoms with van der Waals surface area (Å²) in [5.41, 5.74) is 8.55. The molecule has 1 aromatic carbocycles. The average Bonchev–Trinajstić information content (AvgIpc) is 2.76. The lowest BCUT2D eigenvalue weighted by Gasteiger charge is -2.15. The van der Waals surface area contributed by atoms with E-state index < -0.39 is 12.1 Å². The number of benzene rings is 1. The fraction of sp³-hybridized carbons (Fsp3) is 0.500. The summed E-state index contributed by atoms with van der Waals surface area (Å²) in [5, 5.41) is 12.2. The number of ether oxygens (including phenoxy) is 1. The molecule has 104 valence electrons. The fourth-order valence-electron chi connectivity index (χ4n) is 2.17. The highest BCUT2D eigenvalue weighted by Gasteiger charge is 2.35. The zero-order valence-corrected chi connectivity index (χ0v) is 11.1. The van der Waals surface area contributed by atoms with Gasteiger partial charge in [0.15, 0.2) is 0 Å². The van der Waals surface area contributed by atoms with Crippen LogP contribution in [0.25, 0.3) is 0 Å². The molecule has 5 heteroatoms. The van der Waals surface area contributed by atoms with Gasteiger partial charge in [-0.2, -0.15) is 0 Å². The maximum atomic E-state index is 11.9. The molecule has 1 aliphatic rings. The molecule has 1 aliphatic heterocycles. The minimum atomic E-state index is -0.541. The molecule has 2 rings (SSSR count). The van der Waals surface area contributed by atoms with Crippen molar-refractivity contribution in [2.45, 2.75) is 38.5 Å². The number of nitrogens with one attached hydrogen (secondary N) is 1. The maximum absolute atomic E-state index is 11.9. The van der Waals surface area contributed by atoms with Crippen LogP contribution in [-0.4, -0.2) is 23.7 Å². The highest BCUT2D eigenvalue weighted by molar-refractivity contribution is 5.84. The number of nitrogens with two attached hydrogens (primary N) is 1. The van der Waals surface area contributed by atoms with Gasteiger partial charge in [0.2, 0.25) is 0 Å². The zero-order valence-electron chi connectivity index (χ0n) is 11.1. The number of aliphatic hydroxyl groups is 1. The molecule has 0 saturated carbocycles. The standard InChI is InChI=1S/C14H20N2O3/c1-2-3-6-19-14(18)13-12(15)10-7-9(8-17)4-5-11(10)16-13/h4-5,7,12-13,16-17H,2-3,6,8,15H2,1H3. The first-order valence-electron chi connectivity index (χ1n) is 6.59. The Kier molecular flexibility index (Phi) is 4.39. The van der Waals surface area contributed by atoms with Crippen molar-refractivity contribution in [1.29, 1.82) is 0 Å². The molecule has 5 nitrogen and oxygen atoms in total. The van der Waals surface area contributed by atoms with Crippen LogP contribution in [0.5, 0.6) is 0 Å². The topological polar surface area (TPSA) is 84.6 Å². The second-order valence-electron chi connectivity index (χ2n) is 4.75. The lowest BCUT2D eigenvalue weighted by Crippen LogP contribution is -2.36. The van der Waals surface area contributed by atoms with Gasteiger partial charge in [-0.1, -0.05) is 19.4 Å². The van der Waals surface area contributed by atoms with E-state index in [4.69, 9.17) is 15.6 Å². The SMILES string of the molecule is CCCCOC(=O)C1Nc2ccc(CO)cc2C1N. The quantitative estimate of drug-likeness (QED) is 0.551. The third-order valence-corrected chi connectivity index (χ3v) is 3.32. The van der Waals surface area contributed by atoms with E-state index in [1.807, 2.05) is 25.1 Å². The van der Waals surface area contributed by atoms with Crippen LogP contribution in [0.4, 0.5) is 5.69 Å². The van der Waals surface area contributed by atoms with Crippen LogP contribution in [0.3, 0.4) is 0 Å². The molecular weight excluding hydrogens is 244 g/mol. The molecule has 0 aliphatic carbocycles. The van der Waals surface area contributed by atoms with E-state index in [1.165, 1.54) is 0 Å². The Balaban J connectivity index is 2.05. The lowest BCUT2D eigenvalue weighted by atomic mass is 10.0. The van der Waals surface area contributed by atoms with Crippen LogP contribution in [-0.2, 0) is 16.1 Å². The average molecular weight is 264 g/mol. The number of anilines is 1. The molecule has 0 amide bonds. The number of esters is 1. The van der Waals surface area contributed by atoms with Gasteiger partial charge >= 0.3 is 5.97 Å². The number of fused-ring (bicyclic) bond motifs is 1. The largest absolute Gasteiger partial charge is 0.464 e. The fourth-order valence-corrected chi connectivity index (χ4v) is 2.17. The van der Waals surface area contributed by atoms with Crippen molar-refractivity contribution >= 4 is 11.7 Å². The Morgan fingerprint density at radius 1 is 1.53 bits per heavy atom. The van der Waals surface area contributed by atoms with Gasteiger partial charge in [-0.3, -0.25) is 0 Å². The van der Waals surface area contributed by atoms with Gasteiger partial charge in [0.25, 0.3) is 0 Å². The molecule has 0 spiro atoms. The first kappa shape index (κ1) is 13.8. The minimum absolute atomic E-state index is 0.0361. The van der Waals surface area contributed by atoms with Crippen molar-refractivity contribution in [3.63, 3.8) is 0 Å². The number of hydrogen-bond acceptors (Lipinski definition) is 5. The van der Waals surface area contributed by atoms with Gasteiger partial charge < -0.3 is 20.9 Å². The third-order valence-electron chi connectivity index (χ3n) is 3.32. The van der Waals surface area contributed by atoms with Crippen LogP contribution in [0.1, 0.15) is 36.9 Å². The van der Waals surface area contributed by atoms with Gasteiger partial charge in [-0.05, 0) is 29.7 Å². The number of hydrogen-bond donors (Lipinski definition) is 3. The first-order valence-corrected chi connectivity index (χ1v) is 6.59. The minimum Gasteiger partial charge on any atom is -0.464 e. The summed E-state index contributed by atoms with van der Waals surface area (Å²) < 4.78 is 5.19. The summed E-state index contributed by atoms with van der Waals surface area (Å²) in [5.74, 6) is -0.317. The molecule has 1 aromatic rings. The van der Waals surface area contributed by atoms with Gasteiger partial charge in [-0.25, -0.2) is 4.79 Å². The van der Waals surface area contributed by atoms with Crippen LogP contribution < -0.4 is 11.1 Å². The molecule has 0 radical (unpaired) electrons. The number of carbonyl (C=O) groups excluding carboxylic acids is 1. The second-order valence-corrected chi connectivity index (χ2v) is 4.75. The first-order chi connectivity index (χ1) is 9.17. The summed E-state index contributed by atoms with van der Waals surface area (Å²) >= 11 is 0. The van der Waals surface area contributed by atoms with Gasteiger partial charge in [0, 0.05) is 5.69 Å². The van der Waals surface area contributed by atoms with Gasteiger partial charge in [0.1, 0.15) is 6.04 Å². The Hall–Kier alpha value is -1.59. The monoisotopic (exact) mass is 264 g/mol. The van der Waals surface area contributed by atoms with Crippen LogP contribution in [0, 0.1) is 0 Å². The second kappa shape index (κ2) is 6.04. The molecule has 2 unspecified atom stereocenters. The highest BCUT2D eigenvalue weighted by atomic mass is 16.5. The van der Waals surface area contributed by atoms with E-state index in [0.29, 0.717) is 6.61 Å². The van der Waals surface area contributed by atoms with E-state index in [2.05, 4.69) is 5.32 Å². The lowest BCUT2D eigenvalue weighted by molar-refractivity contribution is -0.145. The Morgan fingerprint density at radius 3 is 3.00 bits per heavy atom. The van der Waals surface area contributed by atoms with E-state index in [9.17, 15) is 4.79 Å². The summed E-state index contributed by atoms with van der Waals surface area (Å²) in [6, 6.07) is 4.49. The summed E-state index contributed by atoms with van der Waals surface area (Å²) in [4.78, 5) is 11.9. The van der Waals surface area contributed by atoms with E-state index in [0.717, 1.165) is 29.7 Å².